The van der Waals surface area contributed by atoms with Crippen LogP contribution in [0.25, 0.3) is 6.08 Å². The Hall–Kier alpha value is -3.39. The molecule has 0 aliphatic carbocycles. The van der Waals surface area contributed by atoms with Crippen LogP contribution in [0.2, 0.25) is 5.02 Å². The van der Waals surface area contributed by atoms with Crippen molar-refractivity contribution in [2.45, 2.75) is 26.7 Å². The maximum absolute atomic E-state index is 12.3. The summed E-state index contributed by atoms with van der Waals surface area (Å²) < 4.78 is 16.6. The van der Waals surface area contributed by atoms with Gasteiger partial charge in [0.1, 0.15) is 0 Å². The normalized spacial score (nSPS) is 14.4. The average molecular weight is 445 g/mol. The first kappa shape index (κ1) is 22.3. The first-order chi connectivity index (χ1) is 14.9. The number of hydrogen-bond donors (Lipinski definition) is 0. The number of rotatable bonds is 9. The zero-order valence-corrected chi connectivity index (χ0v) is 17.8. The van der Waals surface area contributed by atoms with Crippen molar-refractivity contribution in [1.82, 2.24) is 0 Å². The quantitative estimate of drug-likeness (QED) is 0.174. The smallest absolute Gasteiger partial charge is 0.363 e. The number of nitrogens with zero attached hydrogens (tertiary/aromatic N) is 2. The van der Waals surface area contributed by atoms with Crippen LogP contribution in [0.15, 0.2) is 47.1 Å². The van der Waals surface area contributed by atoms with Crippen molar-refractivity contribution in [3.05, 3.63) is 68.4 Å². The third-order valence-electron chi connectivity index (χ3n) is 4.30. The number of carbonyl (C=O) groups excluding carboxylic acids is 1. The summed E-state index contributed by atoms with van der Waals surface area (Å²) in [4.78, 5) is 26.9. The van der Waals surface area contributed by atoms with Crippen LogP contribution in [0.4, 0.5) is 5.69 Å². The number of ether oxygens (including phenoxy) is 3. The summed E-state index contributed by atoms with van der Waals surface area (Å²) in [7, 11) is 0. The Labute approximate surface area is 184 Å². The molecule has 0 radical (unpaired) electrons. The molecule has 8 nitrogen and oxygen atoms in total. The summed E-state index contributed by atoms with van der Waals surface area (Å²) in [6.45, 7) is 4.84. The van der Waals surface area contributed by atoms with Gasteiger partial charge in [-0.25, -0.2) is 9.79 Å². The summed E-state index contributed by atoms with van der Waals surface area (Å²) in [5.41, 5.74) is 0.825. The van der Waals surface area contributed by atoms with Gasteiger partial charge in [0, 0.05) is 17.7 Å². The van der Waals surface area contributed by atoms with E-state index in [0.717, 1.165) is 12.8 Å². The number of carbonyl (C=O) groups is 1. The first-order valence-electron chi connectivity index (χ1n) is 9.79. The van der Waals surface area contributed by atoms with Gasteiger partial charge in [-0.05, 0) is 43.2 Å². The molecule has 9 heteroatoms. The second-order valence-corrected chi connectivity index (χ2v) is 7.02. The van der Waals surface area contributed by atoms with E-state index in [0.29, 0.717) is 40.9 Å². The lowest BCUT2D eigenvalue weighted by molar-refractivity contribution is -0.384. The van der Waals surface area contributed by atoms with Crippen molar-refractivity contribution in [1.29, 1.82) is 0 Å². The second-order valence-electron chi connectivity index (χ2n) is 6.61. The van der Waals surface area contributed by atoms with Crippen LogP contribution in [-0.4, -0.2) is 30.0 Å². The molecule has 0 unspecified atom stereocenters. The van der Waals surface area contributed by atoms with Crippen molar-refractivity contribution in [3.8, 4) is 11.5 Å². The highest BCUT2D eigenvalue weighted by Gasteiger charge is 2.25. The van der Waals surface area contributed by atoms with E-state index in [1.54, 1.807) is 18.2 Å². The summed E-state index contributed by atoms with van der Waals surface area (Å²) in [6.07, 6.45) is 3.38. The number of nitro benzene ring substituents is 1. The molecule has 0 atom stereocenters. The molecule has 1 aliphatic heterocycles. The Morgan fingerprint density at radius 3 is 2.74 bits per heavy atom. The van der Waals surface area contributed by atoms with Gasteiger partial charge in [0.15, 0.2) is 17.2 Å². The molecule has 0 bridgehead atoms. The van der Waals surface area contributed by atoms with E-state index in [1.165, 1.54) is 24.3 Å². The van der Waals surface area contributed by atoms with Crippen LogP contribution in [0, 0.1) is 10.1 Å². The molecule has 0 N–H and O–H groups in total. The van der Waals surface area contributed by atoms with Gasteiger partial charge in [0.25, 0.3) is 5.69 Å². The lowest BCUT2D eigenvalue weighted by Gasteiger charge is -2.14. The number of hydrogen-bond acceptors (Lipinski definition) is 7. The SMILES string of the molecule is CCCCOc1c(Cl)cc(/C=C2\N=C(c3cccc([N+](=O)[O-])c3)OC2=O)cc1OCC. The molecule has 0 amide bonds. The van der Waals surface area contributed by atoms with Crippen molar-refractivity contribution in [2.24, 2.45) is 4.99 Å². The Kier molecular flexibility index (Phi) is 7.25. The number of nitro groups is 1. The second kappa shape index (κ2) is 10.1. The van der Waals surface area contributed by atoms with Crippen LogP contribution in [0.1, 0.15) is 37.8 Å². The molecule has 0 saturated heterocycles. The van der Waals surface area contributed by atoms with Gasteiger partial charge in [-0.3, -0.25) is 10.1 Å². The molecule has 0 fully saturated rings. The molecule has 162 valence electrons. The van der Waals surface area contributed by atoms with Crippen LogP contribution in [0.5, 0.6) is 11.5 Å². The standard InChI is InChI=1S/C22H21ClN2O6/c1-3-5-9-30-20-17(23)10-14(12-19(20)29-4-2)11-18-22(26)31-21(24-18)15-7-6-8-16(13-15)25(27)28/h6-8,10-13H,3-5,9H2,1-2H3/b18-11-. The monoisotopic (exact) mass is 444 g/mol. The molecule has 1 aliphatic rings. The summed E-state index contributed by atoms with van der Waals surface area (Å²) >= 11 is 6.39. The highest BCUT2D eigenvalue weighted by atomic mass is 35.5. The van der Waals surface area contributed by atoms with Crippen molar-refractivity contribution < 1.29 is 23.9 Å². The fourth-order valence-electron chi connectivity index (χ4n) is 2.84. The predicted molar refractivity (Wildman–Crippen MR) is 117 cm³/mol. The van der Waals surface area contributed by atoms with Gasteiger partial charge in [-0.1, -0.05) is 31.0 Å². The molecule has 2 aromatic rings. The summed E-state index contributed by atoms with van der Waals surface area (Å²) in [5, 5.41) is 11.3. The number of non-ortho nitro benzene ring substituents is 1. The molecular weight excluding hydrogens is 424 g/mol. The van der Waals surface area contributed by atoms with E-state index in [2.05, 4.69) is 11.9 Å². The van der Waals surface area contributed by atoms with Gasteiger partial charge in [-0.2, -0.15) is 0 Å². The largest absolute Gasteiger partial charge is 0.490 e. The summed E-state index contributed by atoms with van der Waals surface area (Å²) in [6, 6.07) is 9.07. The fourth-order valence-corrected chi connectivity index (χ4v) is 3.11. The van der Waals surface area contributed by atoms with E-state index < -0.39 is 10.9 Å². The molecular formula is C22H21ClN2O6. The van der Waals surface area contributed by atoms with Crippen molar-refractivity contribution in [2.75, 3.05) is 13.2 Å². The molecule has 0 saturated carbocycles. The van der Waals surface area contributed by atoms with Crippen LogP contribution in [-0.2, 0) is 9.53 Å². The average Bonchev–Trinajstić information content (AvgIpc) is 3.10. The zero-order chi connectivity index (χ0) is 22.4. The van der Waals surface area contributed by atoms with Gasteiger partial charge in [0.05, 0.1) is 23.2 Å². The fraction of sp³-hybridized carbons (Fsp3) is 0.273. The first-order valence-corrected chi connectivity index (χ1v) is 10.2. The Balaban J connectivity index is 1.92. The molecule has 31 heavy (non-hydrogen) atoms. The van der Waals surface area contributed by atoms with Gasteiger partial charge < -0.3 is 14.2 Å². The van der Waals surface area contributed by atoms with Crippen molar-refractivity contribution in [3.63, 3.8) is 0 Å². The third-order valence-corrected chi connectivity index (χ3v) is 4.58. The van der Waals surface area contributed by atoms with E-state index in [-0.39, 0.29) is 17.3 Å². The number of esters is 1. The van der Waals surface area contributed by atoms with Crippen LogP contribution >= 0.6 is 11.6 Å². The van der Waals surface area contributed by atoms with Crippen LogP contribution < -0.4 is 9.47 Å². The Morgan fingerprint density at radius 1 is 1.23 bits per heavy atom. The van der Waals surface area contributed by atoms with Gasteiger partial charge in [-0.15, -0.1) is 0 Å². The topological polar surface area (TPSA) is 100 Å². The van der Waals surface area contributed by atoms with Crippen LogP contribution in [0.3, 0.4) is 0 Å². The van der Waals surface area contributed by atoms with Crippen molar-refractivity contribution >= 4 is 35.2 Å². The Bertz CT molecular complexity index is 1060. The molecule has 1 heterocycles. The minimum absolute atomic E-state index is 0.00408. The molecule has 0 aromatic heterocycles. The molecule has 2 aromatic carbocycles. The maximum atomic E-state index is 12.3. The Morgan fingerprint density at radius 2 is 2.03 bits per heavy atom. The molecule has 3 rings (SSSR count). The lowest BCUT2D eigenvalue weighted by Crippen LogP contribution is -2.05. The van der Waals surface area contributed by atoms with E-state index >= 15 is 0 Å². The number of cyclic esters (lactones) is 1. The number of benzene rings is 2. The summed E-state index contributed by atoms with van der Waals surface area (Å²) in [5.74, 6) is 0.246. The zero-order valence-electron chi connectivity index (χ0n) is 17.1. The third kappa shape index (κ3) is 5.40. The minimum atomic E-state index is -0.668. The van der Waals surface area contributed by atoms with E-state index in [1.807, 2.05) is 6.92 Å². The number of unbranched alkanes of at least 4 members (excludes halogenated alkanes) is 1. The lowest BCUT2D eigenvalue weighted by atomic mass is 10.1. The highest BCUT2D eigenvalue weighted by Crippen LogP contribution is 2.37. The van der Waals surface area contributed by atoms with E-state index in [4.69, 9.17) is 25.8 Å². The predicted octanol–water partition coefficient (Wildman–Crippen LogP) is 5.17. The number of aliphatic imine (C=N–C) groups is 1. The van der Waals surface area contributed by atoms with Gasteiger partial charge >= 0.3 is 5.97 Å². The maximum Gasteiger partial charge on any atom is 0.363 e. The van der Waals surface area contributed by atoms with Gasteiger partial charge in [0.2, 0.25) is 5.90 Å². The highest BCUT2D eigenvalue weighted by molar-refractivity contribution is 6.32. The number of halogens is 1. The molecule has 0 spiro atoms. The van der Waals surface area contributed by atoms with E-state index in [9.17, 15) is 14.9 Å². The minimum Gasteiger partial charge on any atom is -0.490 e.